The molecule has 0 bridgehead atoms. The van der Waals surface area contributed by atoms with E-state index in [0.29, 0.717) is 12.4 Å². The third kappa shape index (κ3) is 2.79. The Kier molecular flexibility index (Phi) is 3.13. The minimum absolute atomic E-state index is 0.200. The van der Waals surface area contributed by atoms with Crippen LogP contribution in [-0.4, -0.2) is 37.1 Å². The summed E-state index contributed by atoms with van der Waals surface area (Å²) in [6.07, 6.45) is 3.84. The third-order valence-electron chi connectivity index (χ3n) is 3.09. The molecule has 0 aromatic carbocycles. The molecule has 0 aliphatic heterocycles. The van der Waals surface area contributed by atoms with Crippen LogP contribution in [0, 0.1) is 6.92 Å². The summed E-state index contributed by atoms with van der Waals surface area (Å²) >= 11 is 0. The normalized spacial score (nSPS) is 14.3. The summed E-state index contributed by atoms with van der Waals surface area (Å²) in [5.41, 5.74) is 1.50. The Morgan fingerprint density at radius 1 is 1.60 bits per heavy atom. The van der Waals surface area contributed by atoms with E-state index in [1.54, 1.807) is 35.8 Å². The Labute approximate surface area is 115 Å². The van der Waals surface area contributed by atoms with Crippen molar-refractivity contribution >= 4 is 11.9 Å². The van der Waals surface area contributed by atoms with E-state index < -0.39 is 0 Å². The molecule has 1 N–H and O–H groups in total. The van der Waals surface area contributed by atoms with E-state index in [1.807, 2.05) is 0 Å². The van der Waals surface area contributed by atoms with Crippen molar-refractivity contribution in [3.05, 3.63) is 23.7 Å². The molecule has 1 saturated carbocycles. The van der Waals surface area contributed by atoms with Gasteiger partial charge in [0.15, 0.2) is 0 Å². The Hall–Kier alpha value is -2.38. The zero-order valence-corrected chi connectivity index (χ0v) is 11.4. The topological polar surface area (TPSA) is 89.1 Å². The van der Waals surface area contributed by atoms with Gasteiger partial charge in [-0.15, -0.1) is 5.10 Å². The second-order valence-corrected chi connectivity index (χ2v) is 5.01. The molecule has 2 heterocycles. The number of rotatable bonds is 4. The van der Waals surface area contributed by atoms with Crippen LogP contribution < -0.4 is 5.32 Å². The fourth-order valence-electron chi connectivity index (χ4n) is 1.99. The van der Waals surface area contributed by atoms with Gasteiger partial charge in [-0.25, -0.2) is 4.79 Å². The van der Waals surface area contributed by atoms with Crippen LogP contribution in [0.25, 0.3) is 0 Å². The van der Waals surface area contributed by atoms with Crippen molar-refractivity contribution in [2.45, 2.75) is 32.4 Å². The molecule has 0 spiro atoms. The summed E-state index contributed by atoms with van der Waals surface area (Å²) in [4.78, 5) is 14.0. The lowest BCUT2D eigenvalue weighted by molar-refractivity contribution is 0.204. The van der Waals surface area contributed by atoms with Crippen LogP contribution in [0.3, 0.4) is 0 Å². The number of amides is 2. The van der Waals surface area contributed by atoms with E-state index in [1.165, 1.54) is 0 Å². The number of aryl methyl sites for hydroxylation is 2. The number of urea groups is 1. The Bertz CT molecular complexity index is 615. The number of hydrogen-bond donors (Lipinski definition) is 1. The van der Waals surface area contributed by atoms with Gasteiger partial charge in [-0.05, 0) is 19.8 Å². The first-order chi connectivity index (χ1) is 9.61. The maximum atomic E-state index is 12.3. The van der Waals surface area contributed by atoms with Gasteiger partial charge in [0.1, 0.15) is 5.69 Å². The smallest absolute Gasteiger partial charge is 0.324 e. The lowest BCUT2D eigenvalue weighted by Crippen LogP contribution is -2.36. The largest absolute Gasteiger partial charge is 0.338 e. The number of hydrogen-bond acceptors (Lipinski definition) is 5. The first-order valence-electron chi connectivity index (χ1n) is 6.48. The first kappa shape index (κ1) is 12.6. The van der Waals surface area contributed by atoms with E-state index in [4.69, 9.17) is 4.52 Å². The minimum Gasteiger partial charge on any atom is -0.338 e. The van der Waals surface area contributed by atoms with Gasteiger partial charge in [0.25, 0.3) is 0 Å². The Morgan fingerprint density at radius 2 is 2.40 bits per heavy atom. The van der Waals surface area contributed by atoms with Gasteiger partial charge in [-0.2, -0.15) is 0 Å². The zero-order chi connectivity index (χ0) is 14.1. The molecule has 3 rings (SSSR count). The number of nitrogens with one attached hydrogen (secondary N) is 1. The molecule has 1 fully saturated rings. The number of carbonyl (C=O) groups excluding carboxylic acids is 1. The van der Waals surface area contributed by atoms with Crippen molar-refractivity contribution in [3.8, 4) is 0 Å². The summed E-state index contributed by atoms with van der Waals surface area (Å²) in [7, 11) is 1.80. The SMILES string of the molecule is Cc1cc(NC(=O)N(Cc2cn(C)nn2)C2CC2)on1. The van der Waals surface area contributed by atoms with Gasteiger partial charge >= 0.3 is 6.03 Å². The molecule has 0 radical (unpaired) electrons. The van der Waals surface area contributed by atoms with Crippen LogP contribution in [0.5, 0.6) is 0 Å². The maximum absolute atomic E-state index is 12.3. The summed E-state index contributed by atoms with van der Waals surface area (Å²) in [5, 5.41) is 14.3. The van der Waals surface area contributed by atoms with Gasteiger partial charge in [0.2, 0.25) is 5.88 Å². The van der Waals surface area contributed by atoms with Crippen molar-refractivity contribution in [2.75, 3.05) is 5.32 Å². The minimum atomic E-state index is -0.200. The number of anilines is 1. The number of carbonyl (C=O) groups is 1. The molecule has 1 aliphatic carbocycles. The number of nitrogens with zero attached hydrogens (tertiary/aromatic N) is 5. The molecule has 8 heteroatoms. The molecular weight excluding hydrogens is 260 g/mol. The zero-order valence-electron chi connectivity index (χ0n) is 11.4. The molecule has 2 aromatic rings. The fourth-order valence-corrected chi connectivity index (χ4v) is 1.99. The van der Waals surface area contributed by atoms with Crippen molar-refractivity contribution in [1.82, 2.24) is 25.1 Å². The standard InChI is InChI=1S/C12H16N6O2/c1-8-5-11(20-15-8)13-12(19)18(10-3-4-10)7-9-6-17(2)16-14-9/h5-6,10H,3-4,7H2,1-2H3,(H,13,19). The summed E-state index contributed by atoms with van der Waals surface area (Å²) in [6, 6.07) is 1.75. The quantitative estimate of drug-likeness (QED) is 0.909. The van der Waals surface area contributed by atoms with Crippen LogP contribution in [0.1, 0.15) is 24.2 Å². The van der Waals surface area contributed by atoms with Gasteiger partial charge in [-0.1, -0.05) is 10.4 Å². The average Bonchev–Trinajstić information content (AvgIpc) is 3.04. The van der Waals surface area contributed by atoms with Gasteiger partial charge < -0.3 is 9.42 Å². The van der Waals surface area contributed by atoms with E-state index in [-0.39, 0.29) is 12.1 Å². The second kappa shape index (κ2) is 4.95. The van der Waals surface area contributed by atoms with E-state index >= 15 is 0 Å². The van der Waals surface area contributed by atoms with E-state index in [0.717, 1.165) is 24.2 Å². The molecule has 0 saturated heterocycles. The maximum Gasteiger partial charge on any atom is 0.324 e. The third-order valence-corrected chi connectivity index (χ3v) is 3.09. The molecule has 2 amide bonds. The van der Waals surface area contributed by atoms with E-state index in [2.05, 4.69) is 20.8 Å². The van der Waals surface area contributed by atoms with Crippen molar-refractivity contribution in [3.63, 3.8) is 0 Å². The van der Waals surface area contributed by atoms with Crippen molar-refractivity contribution in [1.29, 1.82) is 0 Å². The summed E-state index contributed by atoms with van der Waals surface area (Å²) in [5.74, 6) is 0.359. The monoisotopic (exact) mass is 276 g/mol. The van der Waals surface area contributed by atoms with Crippen molar-refractivity contribution in [2.24, 2.45) is 7.05 Å². The Balaban J connectivity index is 1.68. The fraction of sp³-hybridized carbons (Fsp3) is 0.500. The molecule has 106 valence electrons. The second-order valence-electron chi connectivity index (χ2n) is 5.01. The van der Waals surface area contributed by atoms with Crippen molar-refractivity contribution < 1.29 is 9.32 Å². The lowest BCUT2D eigenvalue weighted by atomic mass is 10.4. The molecule has 1 aliphatic rings. The van der Waals surface area contributed by atoms with Crippen LogP contribution in [0.15, 0.2) is 16.8 Å². The highest BCUT2D eigenvalue weighted by molar-refractivity contribution is 5.88. The van der Waals surface area contributed by atoms with Crippen LogP contribution >= 0.6 is 0 Å². The van der Waals surface area contributed by atoms with Crippen LogP contribution in [0.2, 0.25) is 0 Å². The molecule has 8 nitrogen and oxygen atoms in total. The first-order valence-corrected chi connectivity index (χ1v) is 6.48. The molecule has 0 unspecified atom stereocenters. The Morgan fingerprint density at radius 3 is 2.95 bits per heavy atom. The van der Waals surface area contributed by atoms with Crippen LogP contribution in [0.4, 0.5) is 10.7 Å². The van der Waals surface area contributed by atoms with Gasteiger partial charge in [-0.3, -0.25) is 10.00 Å². The molecule has 0 atom stereocenters. The van der Waals surface area contributed by atoms with E-state index in [9.17, 15) is 4.79 Å². The average molecular weight is 276 g/mol. The predicted molar refractivity (Wildman–Crippen MR) is 69.8 cm³/mol. The predicted octanol–water partition coefficient (Wildman–Crippen LogP) is 1.31. The summed E-state index contributed by atoms with van der Waals surface area (Å²) < 4.78 is 6.62. The highest BCUT2D eigenvalue weighted by Gasteiger charge is 2.33. The summed E-state index contributed by atoms with van der Waals surface area (Å²) in [6.45, 7) is 2.24. The molecule has 20 heavy (non-hydrogen) atoms. The van der Waals surface area contributed by atoms with Crippen LogP contribution in [-0.2, 0) is 13.6 Å². The lowest BCUT2D eigenvalue weighted by Gasteiger charge is -2.20. The highest BCUT2D eigenvalue weighted by atomic mass is 16.5. The van der Waals surface area contributed by atoms with Gasteiger partial charge in [0.05, 0.1) is 12.2 Å². The number of aromatic nitrogens is 4. The molecule has 2 aromatic heterocycles. The highest BCUT2D eigenvalue weighted by Crippen LogP contribution is 2.28. The molecular formula is C12H16N6O2. The van der Waals surface area contributed by atoms with Gasteiger partial charge in [0, 0.05) is 25.4 Å².